The lowest BCUT2D eigenvalue weighted by Gasteiger charge is -2.37. The van der Waals surface area contributed by atoms with E-state index in [0.29, 0.717) is 0 Å². The Morgan fingerprint density at radius 3 is 2.45 bits per heavy atom. The molecule has 3 rings (SSSR count). The molecule has 0 unspecified atom stereocenters. The summed E-state index contributed by atoms with van der Waals surface area (Å²) in [7, 11) is 3.94. The number of guanidine groups is 1. The highest BCUT2D eigenvalue weighted by Crippen LogP contribution is 2.22. The number of benzene rings is 1. The first-order valence-corrected chi connectivity index (χ1v) is 11.5. The summed E-state index contributed by atoms with van der Waals surface area (Å²) in [6.45, 7) is 14.0. The normalized spacial score (nSPS) is 18.6. The Kier molecular flexibility index (Phi) is 11.7. The van der Waals surface area contributed by atoms with Crippen LogP contribution in [-0.4, -0.2) is 107 Å². The van der Waals surface area contributed by atoms with Gasteiger partial charge in [-0.25, -0.2) is 0 Å². The third kappa shape index (κ3) is 8.31. The Balaban J connectivity index is 0.00000341. The predicted octanol–water partition coefficient (Wildman–Crippen LogP) is 2.43. The number of unbranched alkanes of at least 4 members (excludes halogenated alkanes) is 1. The second-order valence-electron chi connectivity index (χ2n) is 8.26. The molecular formula is C23H41IN6O. The number of piperazine rings is 2. The quantitative estimate of drug-likeness (QED) is 0.235. The first kappa shape index (κ1) is 26.0. The SMILES string of the molecule is CCNC(=NCCCCN1CCN(C)CC1)N1CCN(c2cccc(OC)c2)CC1.I. The number of nitrogens with zero attached hydrogens (tertiary/aromatic N) is 5. The first-order valence-electron chi connectivity index (χ1n) is 11.5. The standard InChI is InChI=1S/C23H40N6O.HI/c1-4-24-23(25-10-5-6-11-27-14-12-26(2)13-15-27)29-18-16-28(17-19-29)21-8-7-9-22(20-21)30-3;/h7-9,20H,4-6,10-19H2,1-3H3,(H,24,25);1H. The number of methoxy groups -OCH3 is 1. The number of anilines is 1. The molecule has 0 aliphatic carbocycles. The maximum absolute atomic E-state index is 5.37. The maximum Gasteiger partial charge on any atom is 0.194 e. The van der Waals surface area contributed by atoms with Crippen LogP contribution in [-0.2, 0) is 0 Å². The smallest absolute Gasteiger partial charge is 0.194 e. The van der Waals surface area contributed by atoms with Crippen molar-refractivity contribution in [2.75, 3.05) is 91.0 Å². The molecule has 2 aliphatic rings. The second-order valence-corrected chi connectivity index (χ2v) is 8.26. The second kappa shape index (κ2) is 14.0. The van der Waals surface area contributed by atoms with Crippen LogP contribution >= 0.6 is 24.0 Å². The van der Waals surface area contributed by atoms with Gasteiger partial charge in [-0.1, -0.05) is 6.07 Å². The van der Waals surface area contributed by atoms with E-state index in [2.05, 4.69) is 57.1 Å². The zero-order valence-corrected chi connectivity index (χ0v) is 21.9. The molecule has 0 spiro atoms. The van der Waals surface area contributed by atoms with Crippen LogP contribution in [0.15, 0.2) is 29.3 Å². The molecule has 176 valence electrons. The van der Waals surface area contributed by atoms with Crippen molar-refractivity contribution in [3.8, 4) is 5.75 Å². The van der Waals surface area contributed by atoms with Crippen molar-refractivity contribution >= 4 is 35.6 Å². The Bertz CT molecular complexity index is 657. The van der Waals surface area contributed by atoms with Crippen molar-refractivity contribution in [1.82, 2.24) is 20.0 Å². The number of hydrogen-bond acceptors (Lipinski definition) is 5. The van der Waals surface area contributed by atoms with Gasteiger partial charge in [0.25, 0.3) is 0 Å². The summed E-state index contributed by atoms with van der Waals surface area (Å²) in [5.74, 6) is 1.99. The van der Waals surface area contributed by atoms with E-state index < -0.39 is 0 Å². The highest BCUT2D eigenvalue weighted by atomic mass is 127. The third-order valence-electron chi connectivity index (χ3n) is 6.07. The summed E-state index contributed by atoms with van der Waals surface area (Å²) in [6, 6.07) is 8.35. The molecule has 0 radical (unpaired) electrons. The minimum atomic E-state index is 0. The van der Waals surface area contributed by atoms with Crippen molar-refractivity contribution < 1.29 is 4.74 Å². The summed E-state index contributed by atoms with van der Waals surface area (Å²) < 4.78 is 5.37. The van der Waals surface area contributed by atoms with Crippen LogP contribution in [0.2, 0.25) is 0 Å². The number of likely N-dealkylation sites (N-methyl/N-ethyl adjacent to an activating group) is 1. The molecule has 1 N–H and O–H groups in total. The van der Waals surface area contributed by atoms with Gasteiger partial charge in [0.2, 0.25) is 0 Å². The molecule has 7 nitrogen and oxygen atoms in total. The monoisotopic (exact) mass is 544 g/mol. The summed E-state index contributed by atoms with van der Waals surface area (Å²) in [5, 5.41) is 3.49. The van der Waals surface area contributed by atoms with Gasteiger partial charge in [-0.3, -0.25) is 4.99 Å². The Hall–Kier alpha value is -1.26. The van der Waals surface area contributed by atoms with Crippen molar-refractivity contribution in [2.24, 2.45) is 4.99 Å². The van der Waals surface area contributed by atoms with Crippen LogP contribution in [0.4, 0.5) is 5.69 Å². The number of halogens is 1. The lowest BCUT2D eigenvalue weighted by atomic mass is 10.2. The molecule has 8 heteroatoms. The van der Waals surface area contributed by atoms with E-state index in [0.717, 1.165) is 57.4 Å². The topological polar surface area (TPSA) is 46.6 Å². The molecule has 0 aromatic heterocycles. The minimum absolute atomic E-state index is 0. The van der Waals surface area contributed by atoms with Gasteiger partial charge >= 0.3 is 0 Å². The number of hydrogen-bond donors (Lipinski definition) is 1. The van der Waals surface area contributed by atoms with Crippen LogP contribution < -0.4 is 15.0 Å². The average molecular weight is 545 g/mol. The van der Waals surface area contributed by atoms with Gasteiger partial charge < -0.3 is 29.7 Å². The van der Waals surface area contributed by atoms with E-state index in [-0.39, 0.29) is 24.0 Å². The van der Waals surface area contributed by atoms with Crippen LogP contribution in [0.25, 0.3) is 0 Å². The highest BCUT2D eigenvalue weighted by Gasteiger charge is 2.20. The van der Waals surface area contributed by atoms with Crippen LogP contribution in [0, 0.1) is 0 Å². The molecular weight excluding hydrogens is 503 g/mol. The zero-order valence-electron chi connectivity index (χ0n) is 19.6. The molecule has 2 fully saturated rings. The Morgan fingerprint density at radius 2 is 1.77 bits per heavy atom. The summed E-state index contributed by atoms with van der Waals surface area (Å²) in [6.07, 6.45) is 2.39. The molecule has 1 aromatic rings. The predicted molar refractivity (Wildman–Crippen MR) is 141 cm³/mol. The van der Waals surface area contributed by atoms with E-state index in [9.17, 15) is 0 Å². The molecule has 1 aromatic carbocycles. The van der Waals surface area contributed by atoms with E-state index in [4.69, 9.17) is 9.73 Å². The lowest BCUT2D eigenvalue weighted by molar-refractivity contribution is 0.152. The molecule has 0 saturated carbocycles. The molecule has 0 atom stereocenters. The summed E-state index contributed by atoms with van der Waals surface area (Å²) in [5.41, 5.74) is 1.24. The Morgan fingerprint density at radius 1 is 1.03 bits per heavy atom. The van der Waals surface area contributed by atoms with Crippen molar-refractivity contribution in [3.05, 3.63) is 24.3 Å². The van der Waals surface area contributed by atoms with Gasteiger partial charge in [-0.2, -0.15) is 0 Å². The van der Waals surface area contributed by atoms with Crippen molar-refractivity contribution in [3.63, 3.8) is 0 Å². The summed E-state index contributed by atoms with van der Waals surface area (Å²) >= 11 is 0. The molecule has 2 saturated heterocycles. The van der Waals surface area contributed by atoms with Crippen LogP contribution in [0.3, 0.4) is 0 Å². The molecule has 2 aliphatic heterocycles. The summed E-state index contributed by atoms with van der Waals surface area (Å²) in [4.78, 5) is 14.8. The fourth-order valence-corrected chi connectivity index (χ4v) is 4.11. The number of rotatable bonds is 8. The van der Waals surface area contributed by atoms with Gasteiger partial charge in [0, 0.05) is 77.2 Å². The van der Waals surface area contributed by atoms with E-state index in [1.165, 1.54) is 44.8 Å². The fourth-order valence-electron chi connectivity index (χ4n) is 4.11. The maximum atomic E-state index is 5.37. The van der Waals surface area contributed by atoms with Crippen molar-refractivity contribution in [2.45, 2.75) is 19.8 Å². The number of aliphatic imine (C=N–C) groups is 1. The lowest BCUT2D eigenvalue weighted by Crippen LogP contribution is -2.52. The molecule has 2 heterocycles. The number of ether oxygens (including phenoxy) is 1. The largest absolute Gasteiger partial charge is 0.497 e. The molecule has 0 amide bonds. The zero-order chi connectivity index (χ0) is 21.2. The number of nitrogens with one attached hydrogen (secondary N) is 1. The average Bonchev–Trinajstić information content (AvgIpc) is 2.79. The van der Waals surface area contributed by atoms with Crippen molar-refractivity contribution in [1.29, 1.82) is 0 Å². The fraction of sp³-hybridized carbons (Fsp3) is 0.696. The minimum Gasteiger partial charge on any atom is -0.497 e. The van der Waals surface area contributed by atoms with Crippen LogP contribution in [0.5, 0.6) is 5.75 Å². The third-order valence-corrected chi connectivity index (χ3v) is 6.07. The van der Waals surface area contributed by atoms with E-state index in [1.807, 2.05) is 6.07 Å². The van der Waals surface area contributed by atoms with Gasteiger partial charge in [-0.05, 0) is 45.5 Å². The molecule has 31 heavy (non-hydrogen) atoms. The van der Waals surface area contributed by atoms with Gasteiger partial charge in [0.1, 0.15) is 5.75 Å². The Labute approximate surface area is 205 Å². The van der Waals surface area contributed by atoms with Gasteiger partial charge in [0.05, 0.1) is 7.11 Å². The van der Waals surface area contributed by atoms with Gasteiger partial charge in [-0.15, -0.1) is 24.0 Å². The van der Waals surface area contributed by atoms with E-state index >= 15 is 0 Å². The highest BCUT2D eigenvalue weighted by molar-refractivity contribution is 14.0. The first-order chi connectivity index (χ1) is 14.7. The van der Waals surface area contributed by atoms with Gasteiger partial charge in [0.15, 0.2) is 5.96 Å². The molecule has 0 bridgehead atoms. The van der Waals surface area contributed by atoms with E-state index in [1.54, 1.807) is 7.11 Å². The van der Waals surface area contributed by atoms with Crippen LogP contribution in [0.1, 0.15) is 19.8 Å².